The Hall–Kier alpha value is -1.61. The Morgan fingerprint density at radius 1 is 1.52 bits per heavy atom. The summed E-state index contributed by atoms with van der Waals surface area (Å²) in [5.41, 5.74) is 5.42. The summed E-state index contributed by atoms with van der Waals surface area (Å²) < 4.78 is 0. The normalized spacial score (nSPS) is 39.6. The van der Waals surface area contributed by atoms with Crippen molar-refractivity contribution >= 4 is 11.8 Å². The summed E-state index contributed by atoms with van der Waals surface area (Å²) in [7, 11) is 0. The van der Waals surface area contributed by atoms with E-state index in [4.69, 9.17) is 5.73 Å². The number of nitrogens with zero attached hydrogens (tertiary/aromatic N) is 1. The van der Waals surface area contributed by atoms with Crippen LogP contribution in [0.15, 0.2) is 0 Å². The number of hydrogen-bond acceptors (Lipinski definition) is 4. The van der Waals surface area contributed by atoms with E-state index in [0.717, 1.165) is 38.8 Å². The average molecular weight is 290 g/mol. The molecule has 2 heterocycles. The van der Waals surface area contributed by atoms with Crippen molar-refractivity contribution in [2.75, 3.05) is 13.1 Å². The topological polar surface area (TPSA) is 108 Å². The maximum atomic E-state index is 11.7. The summed E-state index contributed by atoms with van der Waals surface area (Å²) >= 11 is 0. The van der Waals surface area contributed by atoms with Gasteiger partial charge in [0.25, 0.3) is 0 Å². The molecule has 0 aromatic heterocycles. The lowest BCUT2D eigenvalue weighted by atomic mass is 9.54. The monoisotopic (exact) mass is 290 g/mol. The smallest absolute Gasteiger partial charge is 0.234 e. The van der Waals surface area contributed by atoms with Crippen LogP contribution >= 0.6 is 0 Å². The van der Waals surface area contributed by atoms with Crippen LogP contribution in [0.4, 0.5) is 0 Å². The highest BCUT2D eigenvalue weighted by Crippen LogP contribution is 2.56. The Labute approximate surface area is 124 Å². The molecule has 21 heavy (non-hydrogen) atoms. The molecule has 114 valence electrons. The molecule has 0 aromatic carbocycles. The number of carbonyl (C=O) groups excluding carboxylic acids is 2. The van der Waals surface area contributed by atoms with E-state index < -0.39 is 0 Å². The van der Waals surface area contributed by atoms with Gasteiger partial charge in [-0.3, -0.25) is 9.59 Å². The highest BCUT2D eigenvalue weighted by atomic mass is 16.2. The fourth-order valence-corrected chi connectivity index (χ4v) is 4.38. The zero-order chi connectivity index (χ0) is 15.0. The van der Waals surface area contributed by atoms with E-state index >= 15 is 0 Å². The van der Waals surface area contributed by atoms with Gasteiger partial charge >= 0.3 is 0 Å². The summed E-state index contributed by atoms with van der Waals surface area (Å²) in [5, 5.41) is 15.6. The first kappa shape index (κ1) is 14.3. The van der Waals surface area contributed by atoms with Crippen LogP contribution in [-0.4, -0.2) is 30.9 Å². The maximum absolute atomic E-state index is 11.7. The van der Waals surface area contributed by atoms with Gasteiger partial charge in [0, 0.05) is 19.0 Å². The number of rotatable bonds is 4. The van der Waals surface area contributed by atoms with Crippen molar-refractivity contribution in [1.29, 1.82) is 5.26 Å². The number of amides is 2. The van der Waals surface area contributed by atoms with Gasteiger partial charge in [-0.25, -0.2) is 0 Å². The maximum Gasteiger partial charge on any atom is 0.234 e. The summed E-state index contributed by atoms with van der Waals surface area (Å²) in [6.07, 6.45) is 4.28. The molecule has 0 bridgehead atoms. The van der Waals surface area contributed by atoms with Crippen molar-refractivity contribution in [2.45, 2.75) is 38.1 Å². The Balaban J connectivity index is 1.66. The third kappa shape index (κ3) is 2.40. The van der Waals surface area contributed by atoms with E-state index in [1.54, 1.807) is 0 Å². The summed E-state index contributed by atoms with van der Waals surface area (Å²) in [5.74, 6) is -0.0493. The fraction of sp³-hybridized carbons (Fsp3) is 0.800. The Morgan fingerprint density at radius 3 is 2.81 bits per heavy atom. The largest absolute Gasteiger partial charge is 0.368 e. The Bertz CT molecular complexity index is 500. The first-order chi connectivity index (χ1) is 10.1. The van der Waals surface area contributed by atoms with Crippen LogP contribution in [0.1, 0.15) is 32.1 Å². The van der Waals surface area contributed by atoms with E-state index in [9.17, 15) is 14.9 Å². The second kappa shape index (κ2) is 5.30. The van der Waals surface area contributed by atoms with E-state index in [2.05, 4.69) is 16.7 Å². The highest BCUT2D eigenvalue weighted by molar-refractivity contribution is 5.81. The van der Waals surface area contributed by atoms with Crippen molar-refractivity contribution in [2.24, 2.45) is 28.9 Å². The number of nitriles is 1. The van der Waals surface area contributed by atoms with Crippen molar-refractivity contribution < 1.29 is 9.59 Å². The number of carbonyl (C=O) groups is 2. The lowest BCUT2D eigenvalue weighted by Crippen LogP contribution is -2.46. The second-order valence-corrected chi connectivity index (χ2v) is 6.80. The van der Waals surface area contributed by atoms with Crippen LogP contribution in [0.5, 0.6) is 0 Å². The molecule has 3 aliphatic rings. The summed E-state index contributed by atoms with van der Waals surface area (Å²) in [6.45, 7) is 1.49. The molecular formula is C15H22N4O2. The highest BCUT2D eigenvalue weighted by Gasteiger charge is 2.55. The molecule has 3 rings (SSSR count). The third-order valence-electron chi connectivity index (χ3n) is 5.75. The third-order valence-corrected chi connectivity index (χ3v) is 5.75. The van der Waals surface area contributed by atoms with Gasteiger partial charge in [-0.05, 0) is 43.4 Å². The minimum absolute atomic E-state index is 0.0198. The predicted octanol–water partition coefficient (Wildman–Crippen LogP) is -0.104. The summed E-state index contributed by atoms with van der Waals surface area (Å²) in [6, 6.07) is 2.16. The lowest BCUT2D eigenvalue weighted by Gasteiger charge is -2.49. The first-order valence-corrected chi connectivity index (χ1v) is 7.76. The van der Waals surface area contributed by atoms with Crippen molar-refractivity contribution in [3.63, 3.8) is 0 Å². The molecule has 0 aromatic rings. The van der Waals surface area contributed by atoms with Gasteiger partial charge in [-0.1, -0.05) is 0 Å². The average Bonchev–Trinajstić information content (AvgIpc) is 3.05. The molecule has 4 N–H and O–H groups in total. The van der Waals surface area contributed by atoms with Crippen LogP contribution in [-0.2, 0) is 9.59 Å². The minimum atomic E-state index is -0.304. The van der Waals surface area contributed by atoms with Gasteiger partial charge in [0.1, 0.15) is 0 Å². The molecule has 2 aliphatic heterocycles. The molecule has 0 radical (unpaired) electrons. The molecule has 6 heteroatoms. The van der Waals surface area contributed by atoms with Crippen LogP contribution in [0, 0.1) is 34.5 Å². The molecule has 3 fully saturated rings. The molecule has 2 amide bonds. The van der Waals surface area contributed by atoms with Crippen LogP contribution < -0.4 is 16.4 Å². The first-order valence-electron chi connectivity index (χ1n) is 7.76. The number of hydrogen-bond donors (Lipinski definition) is 3. The van der Waals surface area contributed by atoms with E-state index in [1.165, 1.54) is 0 Å². The van der Waals surface area contributed by atoms with Crippen molar-refractivity contribution in [1.82, 2.24) is 10.6 Å². The van der Waals surface area contributed by atoms with E-state index in [0.29, 0.717) is 6.42 Å². The Kier molecular flexibility index (Phi) is 3.62. The molecule has 1 saturated carbocycles. The van der Waals surface area contributed by atoms with E-state index in [1.807, 2.05) is 0 Å². The minimum Gasteiger partial charge on any atom is -0.368 e. The van der Waals surface area contributed by atoms with Gasteiger partial charge in [-0.15, -0.1) is 0 Å². The molecule has 3 unspecified atom stereocenters. The number of nitrogens with one attached hydrogen (secondary N) is 2. The van der Waals surface area contributed by atoms with Crippen molar-refractivity contribution in [3.8, 4) is 6.07 Å². The van der Waals surface area contributed by atoms with E-state index in [-0.39, 0.29) is 41.0 Å². The number of nitrogens with two attached hydrogens (primary N) is 1. The standard InChI is InChI=1S/C15H22N4O2/c16-7-10(5-9-2-4-18-14(9)21)11-1-3-15(11)6-12(13(17)20)19-8-15/h9-12,19H,1-6,8H2,(H2,17,20)(H,18,21)/t9-,10-,11?,12?,15?/m1/s1. The zero-order valence-corrected chi connectivity index (χ0v) is 12.1. The number of primary amides is 1. The van der Waals surface area contributed by atoms with Gasteiger partial charge in [0.05, 0.1) is 18.0 Å². The van der Waals surface area contributed by atoms with Crippen LogP contribution in [0.25, 0.3) is 0 Å². The lowest BCUT2D eigenvalue weighted by molar-refractivity contribution is -0.123. The quantitative estimate of drug-likeness (QED) is 0.671. The predicted molar refractivity (Wildman–Crippen MR) is 75.6 cm³/mol. The van der Waals surface area contributed by atoms with Gasteiger partial charge in [-0.2, -0.15) is 5.26 Å². The zero-order valence-electron chi connectivity index (χ0n) is 12.1. The molecule has 2 saturated heterocycles. The summed E-state index contributed by atoms with van der Waals surface area (Å²) in [4.78, 5) is 23.1. The molecule has 6 nitrogen and oxygen atoms in total. The van der Waals surface area contributed by atoms with Crippen LogP contribution in [0.2, 0.25) is 0 Å². The van der Waals surface area contributed by atoms with Crippen molar-refractivity contribution in [3.05, 3.63) is 0 Å². The Morgan fingerprint density at radius 2 is 2.33 bits per heavy atom. The molecule has 1 spiro atoms. The molecule has 1 aliphatic carbocycles. The van der Waals surface area contributed by atoms with Gasteiger partial charge in [0.15, 0.2) is 0 Å². The molecule has 5 atom stereocenters. The van der Waals surface area contributed by atoms with Gasteiger partial charge < -0.3 is 16.4 Å². The SMILES string of the molecule is N#C[C@@H](C[C@H]1CCNC1=O)C1CCC12CNC(C(N)=O)C2. The van der Waals surface area contributed by atoms with Gasteiger partial charge in [0.2, 0.25) is 11.8 Å². The fourth-order valence-electron chi connectivity index (χ4n) is 4.38. The second-order valence-electron chi connectivity index (χ2n) is 6.80. The van der Waals surface area contributed by atoms with Crippen LogP contribution in [0.3, 0.4) is 0 Å². The molecular weight excluding hydrogens is 268 g/mol.